The minimum atomic E-state index is -3.13. The number of hydrogen-bond donors (Lipinski definition) is 2. The topological polar surface area (TPSA) is 98.5 Å². The molecule has 3 atom stereocenters. The zero-order chi connectivity index (χ0) is 15.8. The average Bonchev–Trinajstić information content (AvgIpc) is 2.25. The molecule has 6 nitrogen and oxygen atoms in total. The fourth-order valence-corrected chi connectivity index (χ4v) is 3.66. The van der Waals surface area contributed by atoms with Gasteiger partial charge in [-0.1, -0.05) is 13.8 Å². The Morgan fingerprint density at radius 3 is 2.45 bits per heavy atom. The van der Waals surface area contributed by atoms with E-state index in [0.29, 0.717) is 13.0 Å². The SMILES string of the molecule is CCOC1CC(N)(C(=O)NC(C)CS(C)(=O)=O)C1(C)C. The molecule has 1 saturated carbocycles. The third-order valence-electron chi connectivity index (χ3n) is 4.17. The lowest BCUT2D eigenvalue weighted by molar-refractivity contribution is -0.171. The van der Waals surface area contributed by atoms with Crippen LogP contribution in [0.3, 0.4) is 0 Å². The van der Waals surface area contributed by atoms with Gasteiger partial charge in [-0.15, -0.1) is 0 Å². The van der Waals surface area contributed by atoms with E-state index in [-0.39, 0.29) is 17.8 Å². The van der Waals surface area contributed by atoms with Crippen molar-refractivity contribution in [2.45, 2.75) is 51.8 Å². The lowest BCUT2D eigenvalue weighted by Crippen LogP contribution is -2.76. The molecule has 1 aliphatic rings. The van der Waals surface area contributed by atoms with Crippen LogP contribution in [0.4, 0.5) is 0 Å². The Kier molecular flexibility index (Phi) is 4.88. The van der Waals surface area contributed by atoms with Crippen LogP contribution < -0.4 is 11.1 Å². The second-order valence-corrected chi connectivity index (χ2v) is 8.49. The summed E-state index contributed by atoms with van der Waals surface area (Å²) in [5.41, 5.74) is 4.73. The van der Waals surface area contributed by atoms with Crippen LogP contribution in [0.2, 0.25) is 0 Å². The molecule has 0 heterocycles. The van der Waals surface area contributed by atoms with E-state index in [4.69, 9.17) is 10.5 Å². The van der Waals surface area contributed by atoms with E-state index in [1.165, 1.54) is 0 Å². The summed E-state index contributed by atoms with van der Waals surface area (Å²) >= 11 is 0. The van der Waals surface area contributed by atoms with Crippen LogP contribution in [0.25, 0.3) is 0 Å². The molecular formula is C13H26N2O4S. The first-order chi connectivity index (χ1) is 8.94. The Labute approximate surface area is 121 Å². The van der Waals surface area contributed by atoms with Gasteiger partial charge in [-0.05, 0) is 13.8 Å². The first-order valence-corrected chi connectivity index (χ1v) is 8.89. The van der Waals surface area contributed by atoms with Crippen molar-refractivity contribution in [3.63, 3.8) is 0 Å². The summed E-state index contributed by atoms with van der Waals surface area (Å²) in [5.74, 6) is -0.404. The molecule has 7 heteroatoms. The van der Waals surface area contributed by atoms with Crippen molar-refractivity contribution in [2.75, 3.05) is 18.6 Å². The second-order valence-electron chi connectivity index (χ2n) is 6.31. The predicted octanol–water partition coefficient (Wildman–Crippen LogP) is 0.0682. The molecule has 0 aromatic rings. The number of ether oxygens (including phenoxy) is 1. The molecule has 0 spiro atoms. The van der Waals surface area contributed by atoms with Gasteiger partial charge in [0.1, 0.15) is 15.4 Å². The van der Waals surface area contributed by atoms with Gasteiger partial charge in [0.2, 0.25) is 5.91 Å². The van der Waals surface area contributed by atoms with E-state index in [1.54, 1.807) is 6.92 Å². The van der Waals surface area contributed by atoms with Gasteiger partial charge in [0.25, 0.3) is 0 Å². The number of rotatable bonds is 6. The van der Waals surface area contributed by atoms with Crippen LogP contribution in [-0.4, -0.2) is 50.6 Å². The molecule has 0 aliphatic heterocycles. The molecule has 1 aliphatic carbocycles. The Hall–Kier alpha value is -0.660. The first kappa shape index (κ1) is 17.4. The molecule has 0 radical (unpaired) electrons. The van der Waals surface area contributed by atoms with Gasteiger partial charge in [0.05, 0.1) is 11.9 Å². The Morgan fingerprint density at radius 1 is 1.50 bits per heavy atom. The van der Waals surface area contributed by atoms with Gasteiger partial charge in [-0.25, -0.2) is 8.42 Å². The van der Waals surface area contributed by atoms with Crippen molar-refractivity contribution in [3.8, 4) is 0 Å². The molecule has 0 aromatic heterocycles. The highest BCUT2D eigenvalue weighted by Gasteiger charge is 2.62. The number of amides is 1. The second kappa shape index (κ2) is 5.61. The molecule has 1 fully saturated rings. The summed E-state index contributed by atoms with van der Waals surface area (Å²) < 4.78 is 28.0. The van der Waals surface area contributed by atoms with E-state index < -0.39 is 26.8 Å². The van der Waals surface area contributed by atoms with Crippen LogP contribution in [0.5, 0.6) is 0 Å². The van der Waals surface area contributed by atoms with Crippen molar-refractivity contribution in [2.24, 2.45) is 11.1 Å². The van der Waals surface area contributed by atoms with E-state index in [9.17, 15) is 13.2 Å². The molecule has 0 aromatic carbocycles. The summed E-state index contributed by atoms with van der Waals surface area (Å²) in [6.45, 7) is 7.94. The zero-order valence-electron chi connectivity index (χ0n) is 12.9. The van der Waals surface area contributed by atoms with Crippen molar-refractivity contribution in [1.82, 2.24) is 5.32 Å². The minimum Gasteiger partial charge on any atom is -0.378 e. The van der Waals surface area contributed by atoms with Crippen molar-refractivity contribution >= 4 is 15.7 Å². The highest BCUT2D eigenvalue weighted by Crippen LogP contribution is 2.49. The fourth-order valence-electron chi connectivity index (χ4n) is 2.67. The zero-order valence-corrected chi connectivity index (χ0v) is 13.7. The largest absolute Gasteiger partial charge is 0.378 e. The minimum absolute atomic E-state index is 0.0477. The van der Waals surface area contributed by atoms with Gasteiger partial charge in [0.15, 0.2) is 0 Å². The highest BCUT2D eigenvalue weighted by molar-refractivity contribution is 7.90. The van der Waals surface area contributed by atoms with Crippen molar-refractivity contribution in [1.29, 1.82) is 0 Å². The standard InChI is InChI=1S/C13H26N2O4S/c1-6-19-10-7-13(14,12(10,3)4)11(16)15-9(2)8-20(5,17)18/h9-10H,6-8,14H2,1-5H3,(H,15,16). The molecule has 118 valence electrons. The summed E-state index contributed by atoms with van der Waals surface area (Å²) in [6.07, 6.45) is 1.55. The van der Waals surface area contributed by atoms with Crippen LogP contribution in [0.1, 0.15) is 34.1 Å². The van der Waals surface area contributed by atoms with Crippen molar-refractivity contribution in [3.05, 3.63) is 0 Å². The fraction of sp³-hybridized carbons (Fsp3) is 0.923. The highest BCUT2D eigenvalue weighted by atomic mass is 32.2. The van der Waals surface area contributed by atoms with Crippen LogP contribution >= 0.6 is 0 Å². The number of nitrogens with one attached hydrogen (secondary N) is 1. The Balaban J connectivity index is 2.69. The maximum Gasteiger partial charge on any atom is 0.241 e. The number of carbonyl (C=O) groups excluding carboxylic acids is 1. The first-order valence-electron chi connectivity index (χ1n) is 6.83. The number of sulfone groups is 1. The molecule has 1 rings (SSSR count). The van der Waals surface area contributed by atoms with Crippen molar-refractivity contribution < 1.29 is 17.9 Å². The molecule has 1 amide bonds. The average molecular weight is 306 g/mol. The molecule has 0 saturated heterocycles. The molecule has 3 unspecified atom stereocenters. The monoisotopic (exact) mass is 306 g/mol. The van der Waals surface area contributed by atoms with E-state index in [2.05, 4.69) is 5.32 Å². The maximum atomic E-state index is 12.3. The number of nitrogens with two attached hydrogens (primary N) is 1. The lowest BCUT2D eigenvalue weighted by Gasteiger charge is -2.57. The Morgan fingerprint density at radius 2 is 2.05 bits per heavy atom. The Bertz CT molecular complexity index is 475. The molecule has 0 bridgehead atoms. The lowest BCUT2D eigenvalue weighted by atomic mass is 9.54. The predicted molar refractivity (Wildman–Crippen MR) is 78.0 cm³/mol. The summed E-state index contributed by atoms with van der Waals surface area (Å²) in [4.78, 5) is 12.3. The van der Waals surface area contributed by atoms with Crippen LogP contribution in [-0.2, 0) is 19.4 Å². The molecule has 3 N–H and O–H groups in total. The van der Waals surface area contributed by atoms with Gasteiger partial charge in [0, 0.05) is 30.7 Å². The molecule has 20 heavy (non-hydrogen) atoms. The summed E-state index contributed by atoms with van der Waals surface area (Å²) in [5, 5.41) is 2.70. The smallest absolute Gasteiger partial charge is 0.241 e. The summed E-state index contributed by atoms with van der Waals surface area (Å²) in [7, 11) is -3.13. The summed E-state index contributed by atoms with van der Waals surface area (Å²) in [6, 6.07) is -0.458. The van der Waals surface area contributed by atoms with Gasteiger partial charge < -0.3 is 15.8 Å². The van der Waals surface area contributed by atoms with Gasteiger partial charge in [-0.3, -0.25) is 4.79 Å². The third kappa shape index (κ3) is 3.32. The van der Waals surface area contributed by atoms with Gasteiger partial charge in [-0.2, -0.15) is 0 Å². The number of carbonyl (C=O) groups is 1. The van der Waals surface area contributed by atoms with E-state index in [1.807, 2.05) is 20.8 Å². The third-order valence-corrected chi connectivity index (χ3v) is 5.27. The number of hydrogen-bond acceptors (Lipinski definition) is 5. The molecular weight excluding hydrogens is 280 g/mol. The van der Waals surface area contributed by atoms with Crippen LogP contribution in [0.15, 0.2) is 0 Å². The van der Waals surface area contributed by atoms with E-state index in [0.717, 1.165) is 6.26 Å². The maximum absolute atomic E-state index is 12.3. The normalized spacial score (nSPS) is 30.4. The quantitative estimate of drug-likeness (QED) is 0.723. The van der Waals surface area contributed by atoms with Gasteiger partial charge >= 0.3 is 0 Å². The van der Waals surface area contributed by atoms with Crippen LogP contribution in [0, 0.1) is 5.41 Å². The van der Waals surface area contributed by atoms with E-state index >= 15 is 0 Å².